The SMILES string of the molecule is COc1ccc(NC(=O)c2sc3nc(C4CC4)nc(C)c3c2C)cn1. The van der Waals surface area contributed by atoms with E-state index in [0.29, 0.717) is 22.4 Å². The predicted molar refractivity (Wildman–Crippen MR) is 97.6 cm³/mol. The Balaban J connectivity index is 1.66. The molecule has 1 aliphatic rings. The van der Waals surface area contributed by atoms with Crippen LogP contribution in [0.2, 0.25) is 0 Å². The van der Waals surface area contributed by atoms with E-state index in [1.807, 2.05) is 13.8 Å². The number of carbonyl (C=O) groups is 1. The number of thiophene rings is 1. The van der Waals surface area contributed by atoms with E-state index in [2.05, 4.69) is 15.3 Å². The lowest BCUT2D eigenvalue weighted by atomic mass is 10.1. The van der Waals surface area contributed by atoms with Gasteiger partial charge in [-0.1, -0.05) is 0 Å². The molecule has 1 aliphatic carbocycles. The molecule has 0 atom stereocenters. The first-order valence-electron chi connectivity index (χ1n) is 8.16. The molecule has 1 saturated carbocycles. The van der Waals surface area contributed by atoms with Crippen molar-refractivity contribution >= 4 is 33.1 Å². The molecule has 0 radical (unpaired) electrons. The average molecular weight is 354 g/mol. The van der Waals surface area contributed by atoms with Crippen LogP contribution in [0.25, 0.3) is 10.2 Å². The minimum Gasteiger partial charge on any atom is -0.481 e. The molecular weight excluding hydrogens is 336 g/mol. The fourth-order valence-corrected chi connectivity index (χ4v) is 4.00. The van der Waals surface area contributed by atoms with Crippen molar-refractivity contribution in [2.75, 3.05) is 12.4 Å². The molecule has 25 heavy (non-hydrogen) atoms. The number of carbonyl (C=O) groups excluding carboxylic acids is 1. The van der Waals surface area contributed by atoms with Gasteiger partial charge in [-0.05, 0) is 38.3 Å². The van der Waals surface area contributed by atoms with Crippen molar-refractivity contribution in [3.63, 3.8) is 0 Å². The van der Waals surface area contributed by atoms with Gasteiger partial charge in [0, 0.05) is 17.4 Å². The molecule has 0 spiro atoms. The molecule has 6 nitrogen and oxygen atoms in total. The van der Waals surface area contributed by atoms with Gasteiger partial charge in [0.15, 0.2) is 0 Å². The number of nitrogens with zero attached hydrogens (tertiary/aromatic N) is 3. The molecule has 0 unspecified atom stereocenters. The van der Waals surface area contributed by atoms with Crippen LogP contribution in [0.5, 0.6) is 5.88 Å². The van der Waals surface area contributed by atoms with Crippen molar-refractivity contribution in [2.45, 2.75) is 32.6 Å². The second kappa shape index (κ2) is 6.07. The lowest BCUT2D eigenvalue weighted by Crippen LogP contribution is -2.11. The molecule has 3 aromatic rings. The second-order valence-corrected chi connectivity index (χ2v) is 7.22. The van der Waals surface area contributed by atoms with Gasteiger partial charge in [0.2, 0.25) is 5.88 Å². The zero-order chi connectivity index (χ0) is 17.6. The predicted octanol–water partition coefficient (Wildman–Crippen LogP) is 3.84. The Kier molecular flexibility index (Phi) is 3.88. The van der Waals surface area contributed by atoms with Gasteiger partial charge in [0.25, 0.3) is 5.91 Å². The van der Waals surface area contributed by atoms with E-state index < -0.39 is 0 Å². The molecule has 1 fully saturated rings. The summed E-state index contributed by atoms with van der Waals surface area (Å²) in [4.78, 5) is 27.7. The van der Waals surface area contributed by atoms with Crippen molar-refractivity contribution in [3.05, 3.63) is 40.3 Å². The molecular formula is C18H18N4O2S. The van der Waals surface area contributed by atoms with Crippen molar-refractivity contribution < 1.29 is 9.53 Å². The maximum atomic E-state index is 12.7. The number of nitrogens with one attached hydrogen (secondary N) is 1. The number of aromatic nitrogens is 3. The Morgan fingerprint density at radius 3 is 2.72 bits per heavy atom. The topological polar surface area (TPSA) is 77.0 Å². The van der Waals surface area contributed by atoms with Gasteiger partial charge in [-0.2, -0.15) is 0 Å². The van der Waals surface area contributed by atoms with Crippen molar-refractivity contribution in [1.82, 2.24) is 15.0 Å². The maximum Gasteiger partial charge on any atom is 0.266 e. The third-order valence-corrected chi connectivity index (χ3v) is 5.52. The summed E-state index contributed by atoms with van der Waals surface area (Å²) in [5.74, 6) is 1.76. The molecule has 3 heterocycles. The van der Waals surface area contributed by atoms with Crippen LogP contribution in [0.1, 0.15) is 45.5 Å². The number of rotatable bonds is 4. The van der Waals surface area contributed by atoms with Crippen LogP contribution in [0.4, 0.5) is 5.69 Å². The van der Waals surface area contributed by atoms with Gasteiger partial charge < -0.3 is 10.1 Å². The molecule has 3 aromatic heterocycles. The fourth-order valence-electron chi connectivity index (χ4n) is 2.86. The number of aryl methyl sites for hydroxylation is 2. The fraction of sp³-hybridized carbons (Fsp3) is 0.333. The van der Waals surface area contributed by atoms with Crippen molar-refractivity contribution in [3.8, 4) is 5.88 Å². The van der Waals surface area contributed by atoms with Gasteiger partial charge in [-0.25, -0.2) is 15.0 Å². The number of anilines is 1. The van der Waals surface area contributed by atoms with Crippen molar-refractivity contribution in [1.29, 1.82) is 0 Å². The largest absolute Gasteiger partial charge is 0.481 e. The molecule has 128 valence electrons. The minimum atomic E-state index is -0.153. The number of amides is 1. The highest BCUT2D eigenvalue weighted by molar-refractivity contribution is 7.20. The van der Waals surface area contributed by atoms with Crippen LogP contribution in [0.15, 0.2) is 18.3 Å². The number of hydrogen-bond donors (Lipinski definition) is 1. The first kappa shape index (κ1) is 16.0. The quantitative estimate of drug-likeness (QED) is 0.770. The van der Waals surface area contributed by atoms with Crippen LogP contribution in [0.3, 0.4) is 0 Å². The first-order chi connectivity index (χ1) is 12.1. The van der Waals surface area contributed by atoms with E-state index in [4.69, 9.17) is 9.72 Å². The summed E-state index contributed by atoms with van der Waals surface area (Å²) in [7, 11) is 1.56. The normalized spacial score (nSPS) is 13.9. The number of ether oxygens (including phenoxy) is 1. The zero-order valence-corrected chi connectivity index (χ0v) is 15.1. The van der Waals surface area contributed by atoms with Gasteiger partial charge in [0.1, 0.15) is 10.7 Å². The Bertz CT molecular complexity index is 961. The summed E-state index contributed by atoms with van der Waals surface area (Å²) in [5, 5.41) is 3.88. The van der Waals surface area contributed by atoms with E-state index >= 15 is 0 Å². The lowest BCUT2D eigenvalue weighted by Gasteiger charge is -2.05. The van der Waals surface area contributed by atoms with E-state index in [0.717, 1.165) is 40.1 Å². The zero-order valence-electron chi connectivity index (χ0n) is 14.3. The third kappa shape index (κ3) is 2.95. The van der Waals surface area contributed by atoms with E-state index in [9.17, 15) is 4.79 Å². The Morgan fingerprint density at radius 2 is 2.08 bits per heavy atom. The number of fused-ring (bicyclic) bond motifs is 1. The molecule has 0 bridgehead atoms. The van der Waals surface area contributed by atoms with Gasteiger partial charge >= 0.3 is 0 Å². The molecule has 1 N–H and O–H groups in total. The van der Waals surface area contributed by atoms with Crippen molar-refractivity contribution in [2.24, 2.45) is 0 Å². The van der Waals surface area contributed by atoms with Gasteiger partial charge in [0.05, 0.1) is 29.6 Å². The monoisotopic (exact) mass is 354 g/mol. The highest BCUT2D eigenvalue weighted by Gasteiger charge is 2.28. The Hall–Kier alpha value is -2.54. The number of pyridine rings is 1. The third-order valence-electron chi connectivity index (χ3n) is 4.34. The van der Waals surface area contributed by atoms with Crippen LogP contribution in [-0.4, -0.2) is 28.0 Å². The lowest BCUT2D eigenvalue weighted by molar-refractivity contribution is 0.103. The van der Waals surface area contributed by atoms with Crippen LogP contribution >= 0.6 is 11.3 Å². The summed E-state index contributed by atoms with van der Waals surface area (Å²) in [6, 6.07) is 3.48. The standard InChI is InChI=1S/C18H18N4O2S/c1-9-14-10(2)20-16(11-4-5-11)22-18(14)25-15(9)17(23)21-12-6-7-13(24-3)19-8-12/h6-8,11H,4-5H2,1-3H3,(H,21,23). The summed E-state index contributed by atoms with van der Waals surface area (Å²) in [5.41, 5.74) is 2.51. The summed E-state index contributed by atoms with van der Waals surface area (Å²) >= 11 is 1.42. The molecule has 0 aromatic carbocycles. The summed E-state index contributed by atoms with van der Waals surface area (Å²) < 4.78 is 5.03. The summed E-state index contributed by atoms with van der Waals surface area (Å²) in [6.45, 7) is 3.94. The van der Waals surface area contributed by atoms with E-state index in [-0.39, 0.29) is 5.91 Å². The number of hydrogen-bond acceptors (Lipinski definition) is 6. The maximum absolute atomic E-state index is 12.7. The van der Waals surface area contributed by atoms with Crippen LogP contribution in [-0.2, 0) is 0 Å². The van der Waals surface area contributed by atoms with Gasteiger partial charge in [-0.15, -0.1) is 11.3 Å². The van der Waals surface area contributed by atoms with Crippen LogP contribution in [0, 0.1) is 13.8 Å². The average Bonchev–Trinajstić information content (AvgIpc) is 3.39. The first-order valence-corrected chi connectivity index (χ1v) is 8.97. The number of methoxy groups -OCH3 is 1. The van der Waals surface area contributed by atoms with E-state index in [1.54, 1.807) is 25.4 Å². The minimum absolute atomic E-state index is 0.153. The van der Waals surface area contributed by atoms with E-state index in [1.165, 1.54) is 11.3 Å². The van der Waals surface area contributed by atoms with Crippen LogP contribution < -0.4 is 10.1 Å². The molecule has 1 amide bonds. The Labute approximate surface area is 149 Å². The smallest absolute Gasteiger partial charge is 0.266 e. The van der Waals surface area contributed by atoms with Gasteiger partial charge in [-0.3, -0.25) is 4.79 Å². The highest BCUT2D eigenvalue weighted by atomic mass is 32.1. The molecule has 7 heteroatoms. The highest BCUT2D eigenvalue weighted by Crippen LogP contribution is 2.40. The summed E-state index contributed by atoms with van der Waals surface area (Å²) in [6.07, 6.45) is 3.90. The molecule has 4 rings (SSSR count). The molecule has 0 aliphatic heterocycles. The Morgan fingerprint density at radius 1 is 1.28 bits per heavy atom. The second-order valence-electron chi connectivity index (χ2n) is 6.22. The molecule has 0 saturated heterocycles.